The first-order valence-corrected chi connectivity index (χ1v) is 44.5. The van der Waals surface area contributed by atoms with Crippen molar-refractivity contribution in [3.63, 3.8) is 0 Å². The molecule has 8 aromatic carbocycles. The first kappa shape index (κ1) is 83.6. The maximum Gasteiger partial charge on any atom is 0.373 e. The number of benzene rings is 8. The largest absolute Gasteiger partial charge is 0.385 e. The Morgan fingerprint density at radius 1 is 0.430 bits per heavy atom. The zero-order valence-electron chi connectivity index (χ0n) is 63.0. The number of para-hydroxylation sites is 4. The Morgan fingerprint density at radius 3 is 1.12 bits per heavy atom. The van der Waals surface area contributed by atoms with E-state index in [-0.39, 0.29) is 30.3 Å². The minimum Gasteiger partial charge on any atom is -0.385 e. The average molecular weight is 1570 g/mol. The summed E-state index contributed by atoms with van der Waals surface area (Å²) in [5, 5.41) is 14.3. The molecule has 0 amide bonds. The number of unbranched alkanes of at least 4 members (excludes halogenated alkanes) is 5. The summed E-state index contributed by atoms with van der Waals surface area (Å²) in [4.78, 5) is 19.7. The van der Waals surface area contributed by atoms with Crippen molar-refractivity contribution in [1.29, 1.82) is 0 Å². The quantitative estimate of drug-likeness (QED) is 0.0385. The lowest BCUT2D eigenvalue weighted by Crippen LogP contribution is -2.29. The number of hydrogen-bond donors (Lipinski definition) is 4. The summed E-state index contributed by atoms with van der Waals surface area (Å²) in [7, 11) is -6.15. The van der Waals surface area contributed by atoms with Crippen LogP contribution >= 0.6 is 23.5 Å². The van der Waals surface area contributed by atoms with E-state index in [1.165, 1.54) is 49.3 Å². The van der Waals surface area contributed by atoms with E-state index in [0.29, 0.717) is 37.8 Å². The van der Waals surface area contributed by atoms with Crippen molar-refractivity contribution < 1.29 is 52.7 Å². The molecule has 5 heterocycles. The van der Waals surface area contributed by atoms with E-state index in [9.17, 15) is 33.7 Å². The number of hydrogen-bond acceptors (Lipinski definition) is 18. The predicted octanol–water partition coefficient (Wildman–Crippen LogP) is 14.3. The van der Waals surface area contributed by atoms with Gasteiger partial charge in [0.05, 0.1) is 73.1 Å². The molecule has 5 aliphatic heterocycles. The van der Waals surface area contributed by atoms with Crippen molar-refractivity contribution >= 4 is 92.5 Å². The zero-order valence-corrected chi connectivity index (χ0v) is 67.9. The van der Waals surface area contributed by atoms with Crippen molar-refractivity contribution in [3.05, 3.63) is 225 Å². The van der Waals surface area contributed by atoms with Gasteiger partial charge in [-0.25, -0.2) is 33.7 Å². The molecule has 8 aromatic rings. The van der Waals surface area contributed by atoms with Gasteiger partial charge in [0.2, 0.25) is 0 Å². The lowest BCUT2D eigenvalue weighted by Gasteiger charge is -2.23. The summed E-state index contributed by atoms with van der Waals surface area (Å²) in [6, 6.07) is 53.2. The molecular formula is C81H102N8O12S6. The van der Waals surface area contributed by atoms with Crippen LogP contribution in [0.1, 0.15) is 151 Å². The van der Waals surface area contributed by atoms with E-state index < -0.39 is 40.1 Å². The molecular weight excluding hydrogens is 1470 g/mol. The van der Waals surface area contributed by atoms with E-state index in [1.54, 1.807) is 77.0 Å². The molecule has 0 radical (unpaired) electrons. The number of nitrogens with one attached hydrogen (secondary N) is 4. The summed E-state index contributed by atoms with van der Waals surface area (Å²) >= 11 is 3.10. The number of fused-ring (bicyclic) bond motifs is 8. The van der Waals surface area contributed by atoms with Crippen molar-refractivity contribution in [3.8, 4) is 0 Å². The van der Waals surface area contributed by atoms with E-state index in [0.717, 1.165) is 148 Å². The summed E-state index contributed by atoms with van der Waals surface area (Å²) in [6.07, 6.45) is 14.5. The Hall–Kier alpha value is -7.40. The summed E-state index contributed by atoms with van der Waals surface area (Å²) < 4.78 is 122. The van der Waals surface area contributed by atoms with Gasteiger partial charge in [-0.1, -0.05) is 155 Å². The molecule has 5 aliphatic rings. The predicted molar refractivity (Wildman–Crippen MR) is 430 cm³/mol. The van der Waals surface area contributed by atoms with Crippen LogP contribution in [0.4, 0.5) is 22.7 Å². The van der Waals surface area contributed by atoms with E-state index >= 15 is 0 Å². The maximum atomic E-state index is 13.4. The monoisotopic (exact) mass is 1570 g/mol. The fourth-order valence-electron chi connectivity index (χ4n) is 14.1. The van der Waals surface area contributed by atoms with Crippen molar-refractivity contribution in [2.24, 2.45) is 5.92 Å². The van der Waals surface area contributed by atoms with Gasteiger partial charge in [-0.2, -0.15) is 9.59 Å². The van der Waals surface area contributed by atoms with Gasteiger partial charge in [0.15, 0.2) is 0 Å². The van der Waals surface area contributed by atoms with Crippen LogP contribution in [-0.2, 0) is 59.2 Å². The number of ether oxygens (including phenoxy) is 2. The molecule has 20 nitrogen and oxygen atoms in total. The van der Waals surface area contributed by atoms with Crippen LogP contribution in [0.5, 0.6) is 0 Å². The molecule has 26 heteroatoms. The molecule has 13 rings (SSSR count). The van der Waals surface area contributed by atoms with Gasteiger partial charge in [0, 0.05) is 64.8 Å². The highest BCUT2D eigenvalue weighted by Crippen LogP contribution is 2.46. The molecule has 0 aromatic heterocycles. The molecule has 0 aliphatic carbocycles. The van der Waals surface area contributed by atoms with Crippen LogP contribution in [0, 0.1) is 19.8 Å². The third-order valence-corrected chi connectivity index (χ3v) is 28.7. The molecule has 5 unspecified atom stereocenters. The van der Waals surface area contributed by atoms with Gasteiger partial charge < -0.3 is 30.7 Å². The third kappa shape index (κ3) is 19.1. The third-order valence-electron chi connectivity index (χ3n) is 19.9. The fourth-order valence-corrected chi connectivity index (χ4v) is 21.1. The summed E-state index contributed by atoms with van der Waals surface area (Å²) in [5.74, 6) is 0.466. The second-order valence-corrected chi connectivity index (χ2v) is 36.5. The zero-order chi connectivity index (χ0) is 77.2. The topological polar surface area (TPSA) is 250 Å². The van der Waals surface area contributed by atoms with Gasteiger partial charge in [-0.15, -0.1) is 23.5 Å². The number of thioether (sulfide) groups is 2. The summed E-state index contributed by atoms with van der Waals surface area (Å²) in [6.45, 7) is 13.7. The number of sulfonamides is 4. The highest BCUT2D eigenvalue weighted by molar-refractivity contribution is 7.99. The van der Waals surface area contributed by atoms with Crippen LogP contribution in [-0.4, -0.2) is 134 Å². The van der Waals surface area contributed by atoms with E-state index in [2.05, 4.69) is 35.1 Å². The first-order chi connectivity index (χ1) is 51.4. The van der Waals surface area contributed by atoms with Gasteiger partial charge >= 0.3 is 6.15 Å². The number of nitrogens with zero attached hydrogens (tertiary/aromatic N) is 4. The Kier molecular flexibility index (Phi) is 29.9. The van der Waals surface area contributed by atoms with Gasteiger partial charge in [0.25, 0.3) is 40.1 Å². The normalized spacial score (nSPS) is 19.1. The number of anilines is 4. The van der Waals surface area contributed by atoms with E-state index in [1.807, 2.05) is 178 Å². The Labute approximate surface area is 643 Å². The molecule has 5 atom stereocenters. The molecule has 1 fully saturated rings. The smallest absolute Gasteiger partial charge is 0.373 e. The van der Waals surface area contributed by atoms with Gasteiger partial charge in [-0.3, -0.25) is 17.2 Å². The number of rotatable bonds is 21. The van der Waals surface area contributed by atoms with Crippen LogP contribution < -0.4 is 38.5 Å². The molecule has 0 bridgehead atoms. The number of methoxy groups -OCH3 is 1. The minimum absolute atomic E-state index is 0.124. The van der Waals surface area contributed by atoms with Gasteiger partial charge in [-0.05, 0) is 194 Å². The first-order valence-electron chi connectivity index (χ1n) is 36.2. The van der Waals surface area contributed by atoms with Crippen LogP contribution in [0.2, 0.25) is 0 Å². The van der Waals surface area contributed by atoms with Crippen molar-refractivity contribution in [1.82, 2.24) is 21.3 Å². The number of aryl methyl sites for hydroxylation is 2. The summed E-state index contributed by atoms with van der Waals surface area (Å²) in [5.41, 5.74) is 12.0. The number of carbonyl (C=O) groups excluding carboxylic acids is 2. The molecule has 107 heavy (non-hydrogen) atoms. The van der Waals surface area contributed by atoms with Crippen molar-refractivity contribution in [2.45, 2.75) is 139 Å². The molecule has 1 saturated heterocycles. The van der Waals surface area contributed by atoms with Crippen LogP contribution in [0.15, 0.2) is 199 Å². The average Bonchev–Trinajstić information content (AvgIpc) is 1.64. The lowest BCUT2D eigenvalue weighted by atomic mass is 9.95. The molecule has 0 spiro atoms. The second kappa shape index (κ2) is 38.3. The van der Waals surface area contributed by atoms with Gasteiger partial charge in [0.1, 0.15) is 0 Å². The molecule has 4 N–H and O–H groups in total. The fraction of sp³-hybridized carbons (Fsp3) is 0.395. The molecule has 0 saturated carbocycles. The SMILES string of the molecule is CCCCCCCCNC1c2ccccc2N(C)S(=O)(=O)c2cc(SC)ccc21.CCCNC1c2ccccc2N(C)S(=O)(=O)c2cc(C)ccc21.COCCCNC1c2ccccc2N(C)S(=O)(=O)c2cc(SC)ccc21.Cc1ccc2c(c1)S(=O)(=O)N(C)c1ccccc1C2NCC1CCOC1.O=C=O. The Morgan fingerprint density at radius 2 is 0.766 bits per heavy atom. The Bertz CT molecular complexity index is 4860. The van der Waals surface area contributed by atoms with E-state index in [4.69, 9.17) is 19.1 Å². The second-order valence-electron chi connectivity index (χ2n) is 26.9. The lowest BCUT2D eigenvalue weighted by molar-refractivity contribution is -0.191. The Balaban J connectivity index is 0.000000163. The van der Waals surface area contributed by atoms with Crippen LogP contribution in [0.3, 0.4) is 0 Å². The minimum atomic E-state index is -3.62. The highest BCUT2D eigenvalue weighted by atomic mass is 32.2. The maximum absolute atomic E-state index is 13.4. The van der Waals surface area contributed by atoms with Crippen molar-refractivity contribution in [2.75, 3.05) is 111 Å². The highest BCUT2D eigenvalue weighted by Gasteiger charge is 2.40. The van der Waals surface area contributed by atoms with Crippen LogP contribution in [0.25, 0.3) is 0 Å². The molecule has 574 valence electrons. The standard InChI is InChI=1S/C23H32N2O2S2.C20H24N2O3S.C19H24N2O3S2.C18H22N2O2S.CO2/c1-4-5-6-7-8-11-16-24-23-19-12-9-10-13-21(19)25(2)29(26,27)22-17-18(28-3)14-15-20(22)23;1-14-7-8-17-19(11-14)26(23,24)22(2)18-6-4-3-5-16(18)20(17)21-12-15-9-10-25-13-15;1-21-17-8-5-4-7-15(17)19(20-11-6-12-24-2)16-10-9-14(25-3)13-18(16)26(21,22)23;1-4-11-19-18-14-7-5-6-8-16(14)20(3)23(21,22)17-12-13(2)9-10-15(17)18;2-1-3/h9-10,12-15,17,23-24H,4-8,11,16H2,1-3H3;3-8,11,15,20-21H,9-10,12-13H2,1-2H3;4-5,7-10,13,19-20H,6,11-12H2,1-3H3;5-10,12,18-19H,4,11H2,1-3H3;.